The molecule has 1 rings (SSSR count). The van der Waals surface area contributed by atoms with Gasteiger partial charge in [-0.1, -0.05) is 0 Å². The number of H-pyrrole nitrogens is 1. The molecule has 1 atom stereocenters. The van der Waals surface area contributed by atoms with Gasteiger partial charge in [0.05, 0.1) is 0 Å². The Morgan fingerprint density at radius 2 is 2.40 bits per heavy atom. The van der Waals surface area contributed by atoms with E-state index in [0.717, 1.165) is 0 Å². The zero-order valence-electron chi connectivity index (χ0n) is 8.36. The standard InChI is InChI=1S/C9H13N3O3/c1-6(2-3-8(13)14)11-9(15)7-4-5-10-12-7/h4-6H,2-3H2,1H3,(H,10,12)(H,11,15)(H,13,14)/t6-/m1/s1. The highest BCUT2D eigenvalue weighted by atomic mass is 16.4. The molecule has 0 spiro atoms. The van der Waals surface area contributed by atoms with Crippen LogP contribution < -0.4 is 5.32 Å². The van der Waals surface area contributed by atoms with Gasteiger partial charge >= 0.3 is 5.97 Å². The second kappa shape index (κ2) is 5.14. The van der Waals surface area contributed by atoms with Gasteiger partial charge in [-0.25, -0.2) is 0 Å². The molecule has 1 amide bonds. The summed E-state index contributed by atoms with van der Waals surface area (Å²) in [5.74, 6) is -1.14. The minimum absolute atomic E-state index is 0.0461. The molecule has 1 aromatic rings. The molecule has 82 valence electrons. The first-order chi connectivity index (χ1) is 7.09. The molecular formula is C9H13N3O3. The summed E-state index contributed by atoms with van der Waals surface area (Å²) in [6, 6.07) is 1.39. The lowest BCUT2D eigenvalue weighted by Crippen LogP contribution is -2.33. The van der Waals surface area contributed by atoms with Crippen LogP contribution in [0, 0.1) is 0 Å². The predicted octanol–water partition coefficient (Wildman–Crippen LogP) is 0.393. The van der Waals surface area contributed by atoms with Gasteiger partial charge < -0.3 is 10.4 Å². The van der Waals surface area contributed by atoms with Crippen LogP contribution in [0.2, 0.25) is 0 Å². The molecule has 6 heteroatoms. The zero-order valence-corrected chi connectivity index (χ0v) is 8.36. The van der Waals surface area contributed by atoms with E-state index < -0.39 is 5.97 Å². The first-order valence-electron chi connectivity index (χ1n) is 4.61. The van der Waals surface area contributed by atoms with Crippen LogP contribution in [0.1, 0.15) is 30.3 Å². The lowest BCUT2D eigenvalue weighted by atomic mass is 10.2. The van der Waals surface area contributed by atoms with E-state index in [1.165, 1.54) is 6.20 Å². The number of carbonyl (C=O) groups is 2. The topological polar surface area (TPSA) is 95.1 Å². The van der Waals surface area contributed by atoms with Crippen molar-refractivity contribution in [3.63, 3.8) is 0 Å². The third-order valence-electron chi connectivity index (χ3n) is 1.91. The summed E-state index contributed by atoms with van der Waals surface area (Å²) in [5.41, 5.74) is 0.372. The molecule has 3 N–H and O–H groups in total. The van der Waals surface area contributed by atoms with Crippen molar-refractivity contribution < 1.29 is 14.7 Å². The van der Waals surface area contributed by atoms with Crippen molar-refractivity contribution in [2.24, 2.45) is 0 Å². The quantitative estimate of drug-likeness (QED) is 0.656. The Labute approximate surface area is 86.7 Å². The van der Waals surface area contributed by atoms with Gasteiger partial charge in [-0.2, -0.15) is 5.10 Å². The number of carboxylic acid groups (broad SMARTS) is 1. The van der Waals surface area contributed by atoms with Gasteiger partial charge in [0.25, 0.3) is 5.91 Å². The SMILES string of the molecule is C[C@H](CCC(=O)O)NC(=O)c1ccn[nH]1. The number of aliphatic carboxylic acids is 1. The number of nitrogens with zero attached hydrogens (tertiary/aromatic N) is 1. The van der Waals surface area contributed by atoms with Gasteiger partial charge in [-0.05, 0) is 19.4 Å². The van der Waals surface area contributed by atoms with E-state index in [4.69, 9.17) is 5.11 Å². The zero-order chi connectivity index (χ0) is 11.3. The van der Waals surface area contributed by atoms with Gasteiger partial charge in [-0.15, -0.1) is 0 Å². The minimum atomic E-state index is -0.863. The maximum absolute atomic E-state index is 11.4. The molecule has 0 radical (unpaired) electrons. The van der Waals surface area contributed by atoms with Crippen molar-refractivity contribution in [1.29, 1.82) is 0 Å². The maximum atomic E-state index is 11.4. The Morgan fingerprint density at radius 3 is 2.93 bits per heavy atom. The summed E-state index contributed by atoms with van der Waals surface area (Å²) in [4.78, 5) is 21.7. The summed E-state index contributed by atoms with van der Waals surface area (Å²) >= 11 is 0. The molecule has 0 fully saturated rings. The molecule has 15 heavy (non-hydrogen) atoms. The molecule has 0 aliphatic heterocycles. The van der Waals surface area contributed by atoms with Gasteiger partial charge in [0.15, 0.2) is 0 Å². The lowest BCUT2D eigenvalue weighted by molar-refractivity contribution is -0.137. The molecule has 1 heterocycles. The molecule has 0 aromatic carbocycles. The molecular weight excluding hydrogens is 198 g/mol. The van der Waals surface area contributed by atoms with E-state index in [0.29, 0.717) is 12.1 Å². The second-order valence-corrected chi connectivity index (χ2v) is 3.28. The average Bonchev–Trinajstić information content (AvgIpc) is 2.67. The molecule has 0 saturated carbocycles. The third-order valence-corrected chi connectivity index (χ3v) is 1.91. The van der Waals surface area contributed by atoms with Crippen LogP contribution in [0.3, 0.4) is 0 Å². The highest BCUT2D eigenvalue weighted by Gasteiger charge is 2.11. The van der Waals surface area contributed by atoms with Crippen LogP contribution in [0.15, 0.2) is 12.3 Å². The number of aromatic amines is 1. The number of nitrogens with one attached hydrogen (secondary N) is 2. The highest BCUT2D eigenvalue weighted by Crippen LogP contribution is 1.98. The van der Waals surface area contributed by atoms with Crippen LogP contribution in [0.25, 0.3) is 0 Å². The number of aromatic nitrogens is 2. The Hall–Kier alpha value is -1.85. The Bertz CT molecular complexity index is 334. The van der Waals surface area contributed by atoms with E-state index in [9.17, 15) is 9.59 Å². The minimum Gasteiger partial charge on any atom is -0.481 e. The van der Waals surface area contributed by atoms with Crippen molar-refractivity contribution in [2.75, 3.05) is 0 Å². The highest BCUT2D eigenvalue weighted by molar-refractivity contribution is 5.92. The molecule has 0 saturated heterocycles. The summed E-state index contributed by atoms with van der Waals surface area (Å²) in [6.45, 7) is 1.76. The Balaban J connectivity index is 2.35. The van der Waals surface area contributed by atoms with Gasteiger partial charge in [0.2, 0.25) is 0 Å². The van der Waals surface area contributed by atoms with E-state index in [2.05, 4.69) is 15.5 Å². The summed E-state index contributed by atoms with van der Waals surface area (Å²) < 4.78 is 0. The second-order valence-electron chi connectivity index (χ2n) is 3.28. The number of hydrogen-bond acceptors (Lipinski definition) is 3. The number of rotatable bonds is 5. The van der Waals surface area contributed by atoms with Crippen molar-refractivity contribution >= 4 is 11.9 Å². The third kappa shape index (κ3) is 3.80. The summed E-state index contributed by atoms with van der Waals surface area (Å²) in [7, 11) is 0. The van der Waals surface area contributed by atoms with E-state index in [-0.39, 0.29) is 18.4 Å². The largest absolute Gasteiger partial charge is 0.481 e. The van der Waals surface area contributed by atoms with Crippen LogP contribution in [-0.2, 0) is 4.79 Å². The van der Waals surface area contributed by atoms with Crippen LogP contribution in [0.5, 0.6) is 0 Å². The average molecular weight is 211 g/mol. The van der Waals surface area contributed by atoms with Gasteiger partial charge in [0, 0.05) is 18.7 Å². The van der Waals surface area contributed by atoms with Crippen molar-refractivity contribution in [3.05, 3.63) is 18.0 Å². The van der Waals surface area contributed by atoms with Crippen LogP contribution >= 0.6 is 0 Å². The fourth-order valence-electron chi connectivity index (χ4n) is 1.10. The van der Waals surface area contributed by atoms with E-state index in [1.54, 1.807) is 13.0 Å². The van der Waals surface area contributed by atoms with Crippen LogP contribution in [0.4, 0.5) is 0 Å². The number of amides is 1. The molecule has 0 bridgehead atoms. The van der Waals surface area contributed by atoms with Crippen molar-refractivity contribution in [3.8, 4) is 0 Å². The molecule has 1 aromatic heterocycles. The number of carbonyl (C=O) groups excluding carboxylic acids is 1. The van der Waals surface area contributed by atoms with Crippen LogP contribution in [-0.4, -0.2) is 33.2 Å². The van der Waals surface area contributed by atoms with Gasteiger partial charge in [-0.3, -0.25) is 14.7 Å². The molecule has 0 aliphatic rings. The Kier molecular flexibility index (Phi) is 3.84. The molecule has 6 nitrogen and oxygen atoms in total. The maximum Gasteiger partial charge on any atom is 0.303 e. The monoisotopic (exact) mass is 211 g/mol. The van der Waals surface area contributed by atoms with Crippen molar-refractivity contribution in [1.82, 2.24) is 15.5 Å². The first kappa shape index (κ1) is 11.2. The van der Waals surface area contributed by atoms with Gasteiger partial charge in [0.1, 0.15) is 5.69 Å². The number of hydrogen-bond donors (Lipinski definition) is 3. The van der Waals surface area contributed by atoms with Crippen molar-refractivity contribution in [2.45, 2.75) is 25.8 Å². The summed E-state index contributed by atoms with van der Waals surface area (Å²) in [5, 5.41) is 17.3. The first-order valence-corrected chi connectivity index (χ1v) is 4.61. The molecule has 0 unspecified atom stereocenters. The fraction of sp³-hybridized carbons (Fsp3) is 0.444. The predicted molar refractivity (Wildman–Crippen MR) is 52.4 cm³/mol. The number of carboxylic acids is 1. The van der Waals surface area contributed by atoms with E-state index in [1.807, 2.05) is 0 Å². The smallest absolute Gasteiger partial charge is 0.303 e. The molecule has 0 aliphatic carbocycles. The fourth-order valence-corrected chi connectivity index (χ4v) is 1.10. The van der Waals surface area contributed by atoms with E-state index >= 15 is 0 Å². The summed E-state index contributed by atoms with van der Waals surface area (Å²) in [6.07, 6.45) is 1.94. The normalized spacial score (nSPS) is 12.1. The Morgan fingerprint density at radius 1 is 1.67 bits per heavy atom. The lowest BCUT2D eigenvalue weighted by Gasteiger charge is -2.11.